The maximum atomic E-state index is 12.8. The molecule has 0 saturated carbocycles. The van der Waals surface area contributed by atoms with Crippen molar-refractivity contribution in [1.82, 2.24) is 14.8 Å². The molecule has 0 bridgehead atoms. The molecular formula is C19H25N3O5. The molecule has 2 saturated heterocycles. The summed E-state index contributed by atoms with van der Waals surface area (Å²) in [4.78, 5) is 44.5. The SMILES string of the molecule is COC(=O)c1ccc(C(=O)N2CCC3(CC2)CC(OC)CN(C)C3=O)nc1. The van der Waals surface area contributed by atoms with Gasteiger partial charge in [-0.05, 0) is 31.4 Å². The lowest BCUT2D eigenvalue weighted by molar-refractivity contribution is -0.155. The van der Waals surface area contributed by atoms with E-state index in [0.717, 1.165) is 0 Å². The van der Waals surface area contributed by atoms with Gasteiger partial charge in [0, 0.05) is 40.0 Å². The smallest absolute Gasteiger partial charge is 0.339 e. The van der Waals surface area contributed by atoms with Gasteiger partial charge < -0.3 is 19.3 Å². The van der Waals surface area contributed by atoms with E-state index in [1.807, 2.05) is 0 Å². The minimum atomic E-state index is -0.492. The molecule has 1 atom stereocenters. The van der Waals surface area contributed by atoms with E-state index in [9.17, 15) is 14.4 Å². The van der Waals surface area contributed by atoms with Crippen molar-refractivity contribution in [3.8, 4) is 0 Å². The minimum absolute atomic E-state index is 0.0301. The Morgan fingerprint density at radius 2 is 1.93 bits per heavy atom. The van der Waals surface area contributed by atoms with E-state index in [-0.39, 0.29) is 23.6 Å². The second-order valence-corrected chi connectivity index (χ2v) is 7.24. The number of esters is 1. The number of piperidine rings is 2. The summed E-state index contributed by atoms with van der Waals surface area (Å²) in [6.45, 7) is 1.60. The molecular weight excluding hydrogens is 350 g/mol. The van der Waals surface area contributed by atoms with Crippen LogP contribution in [0.15, 0.2) is 18.3 Å². The molecule has 2 amide bonds. The summed E-state index contributed by atoms with van der Waals surface area (Å²) in [6.07, 6.45) is 3.29. The van der Waals surface area contributed by atoms with E-state index in [4.69, 9.17) is 4.74 Å². The lowest BCUT2D eigenvalue weighted by Crippen LogP contribution is -2.57. The average Bonchev–Trinajstić information content (AvgIpc) is 2.71. The Labute approximate surface area is 158 Å². The van der Waals surface area contributed by atoms with Crippen molar-refractivity contribution in [2.45, 2.75) is 25.4 Å². The second kappa shape index (κ2) is 7.64. The molecule has 146 valence electrons. The van der Waals surface area contributed by atoms with Crippen LogP contribution in [0.1, 0.15) is 40.1 Å². The van der Waals surface area contributed by atoms with E-state index in [1.54, 1.807) is 24.0 Å². The highest BCUT2D eigenvalue weighted by atomic mass is 16.5. The first-order valence-electron chi connectivity index (χ1n) is 9.02. The number of carbonyl (C=O) groups excluding carboxylic acids is 3. The fourth-order valence-electron chi connectivity index (χ4n) is 4.02. The zero-order chi connectivity index (χ0) is 19.6. The van der Waals surface area contributed by atoms with Gasteiger partial charge in [0.05, 0.1) is 24.2 Å². The van der Waals surface area contributed by atoms with E-state index >= 15 is 0 Å². The summed E-state index contributed by atoms with van der Waals surface area (Å²) < 4.78 is 10.1. The molecule has 0 N–H and O–H groups in total. The van der Waals surface area contributed by atoms with Gasteiger partial charge in [-0.2, -0.15) is 0 Å². The molecule has 8 nitrogen and oxygen atoms in total. The molecule has 1 unspecified atom stereocenters. The molecule has 27 heavy (non-hydrogen) atoms. The molecule has 2 fully saturated rings. The van der Waals surface area contributed by atoms with Gasteiger partial charge in [0.2, 0.25) is 5.91 Å². The highest BCUT2D eigenvalue weighted by molar-refractivity contribution is 5.94. The first-order chi connectivity index (χ1) is 12.9. The van der Waals surface area contributed by atoms with Crippen LogP contribution in [-0.4, -0.2) is 79.6 Å². The number of nitrogens with zero attached hydrogens (tertiary/aromatic N) is 3. The molecule has 2 aliphatic rings. The molecule has 1 aromatic heterocycles. The van der Waals surface area contributed by atoms with Gasteiger partial charge in [-0.3, -0.25) is 14.6 Å². The van der Waals surface area contributed by atoms with Crippen molar-refractivity contribution in [3.05, 3.63) is 29.6 Å². The Hall–Kier alpha value is -2.48. The van der Waals surface area contributed by atoms with Crippen LogP contribution in [0.2, 0.25) is 0 Å². The number of pyridine rings is 1. The highest BCUT2D eigenvalue weighted by Gasteiger charge is 2.48. The summed E-state index contributed by atoms with van der Waals surface area (Å²) in [5.74, 6) is -0.543. The molecule has 1 aromatic rings. The van der Waals surface area contributed by atoms with Gasteiger partial charge in [0.1, 0.15) is 5.69 Å². The third-order valence-electron chi connectivity index (χ3n) is 5.64. The van der Waals surface area contributed by atoms with Gasteiger partial charge >= 0.3 is 5.97 Å². The van der Waals surface area contributed by atoms with Crippen molar-refractivity contribution in [3.63, 3.8) is 0 Å². The third kappa shape index (κ3) is 3.66. The Kier molecular flexibility index (Phi) is 5.46. The summed E-state index contributed by atoms with van der Waals surface area (Å²) in [5.41, 5.74) is 0.126. The van der Waals surface area contributed by atoms with Crippen LogP contribution >= 0.6 is 0 Å². The standard InChI is InChI=1S/C19H25N3O5/c1-21-12-14(26-2)10-19(18(21)25)6-8-22(9-7-19)16(23)15-5-4-13(11-20-15)17(24)27-3/h4-5,11,14H,6-10,12H2,1-3H3. The fourth-order valence-corrected chi connectivity index (χ4v) is 4.02. The third-order valence-corrected chi connectivity index (χ3v) is 5.64. The monoisotopic (exact) mass is 375 g/mol. The molecule has 2 aliphatic heterocycles. The zero-order valence-corrected chi connectivity index (χ0v) is 15.9. The second-order valence-electron chi connectivity index (χ2n) is 7.24. The number of aromatic nitrogens is 1. The summed E-state index contributed by atoms with van der Waals surface area (Å²) in [7, 11) is 4.77. The highest BCUT2D eigenvalue weighted by Crippen LogP contribution is 2.41. The molecule has 1 spiro atoms. The first kappa shape index (κ1) is 19.3. The maximum absolute atomic E-state index is 12.8. The molecule has 3 rings (SSSR count). The van der Waals surface area contributed by atoms with E-state index in [1.165, 1.54) is 25.4 Å². The number of rotatable bonds is 3. The average molecular weight is 375 g/mol. The van der Waals surface area contributed by atoms with Crippen molar-refractivity contribution < 1.29 is 23.9 Å². The lowest BCUT2D eigenvalue weighted by Gasteiger charge is -2.47. The Balaban J connectivity index is 1.67. The number of hydrogen-bond donors (Lipinski definition) is 0. The Morgan fingerprint density at radius 3 is 2.48 bits per heavy atom. The number of likely N-dealkylation sites (tertiary alicyclic amines) is 2. The number of hydrogen-bond acceptors (Lipinski definition) is 6. The molecule has 3 heterocycles. The van der Waals surface area contributed by atoms with E-state index in [2.05, 4.69) is 9.72 Å². The molecule has 0 radical (unpaired) electrons. The number of ether oxygens (including phenoxy) is 2. The van der Waals surface area contributed by atoms with Crippen LogP contribution in [0.3, 0.4) is 0 Å². The van der Waals surface area contributed by atoms with Gasteiger partial charge in [-0.25, -0.2) is 4.79 Å². The predicted octanol–water partition coefficient (Wildman–Crippen LogP) is 0.968. The number of likely N-dealkylation sites (N-methyl/N-ethyl adjacent to an activating group) is 1. The van der Waals surface area contributed by atoms with Crippen molar-refractivity contribution in [2.24, 2.45) is 5.41 Å². The number of amides is 2. The van der Waals surface area contributed by atoms with Crippen LogP contribution in [0.25, 0.3) is 0 Å². The van der Waals surface area contributed by atoms with Gasteiger partial charge in [0.15, 0.2) is 0 Å². The van der Waals surface area contributed by atoms with E-state index < -0.39 is 11.4 Å². The fraction of sp³-hybridized carbons (Fsp3) is 0.579. The van der Waals surface area contributed by atoms with Crippen LogP contribution in [0.4, 0.5) is 0 Å². The number of methoxy groups -OCH3 is 2. The minimum Gasteiger partial charge on any atom is -0.465 e. The summed E-state index contributed by atoms with van der Waals surface area (Å²) in [6, 6.07) is 3.06. The van der Waals surface area contributed by atoms with Crippen molar-refractivity contribution in [1.29, 1.82) is 0 Å². The normalized spacial score (nSPS) is 22.0. The van der Waals surface area contributed by atoms with E-state index in [0.29, 0.717) is 44.5 Å². The maximum Gasteiger partial charge on any atom is 0.339 e. The topological polar surface area (TPSA) is 89.0 Å². The van der Waals surface area contributed by atoms with Crippen molar-refractivity contribution >= 4 is 17.8 Å². The lowest BCUT2D eigenvalue weighted by atomic mass is 9.71. The summed E-state index contributed by atoms with van der Waals surface area (Å²) in [5, 5.41) is 0. The van der Waals surface area contributed by atoms with Gasteiger partial charge in [-0.1, -0.05) is 0 Å². The largest absolute Gasteiger partial charge is 0.465 e. The summed E-state index contributed by atoms with van der Waals surface area (Å²) >= 11 is 0. The Bertz CT molecular complexity index is 725. The Morgan fingerprint density at radius 1 is 1.22 bits per heavy atom. The molecule has 8 heteroatoms. The predicted molar refractivity (Wildman–Crippen MR) is 96.2 cm³/mol. The first-order valence-corrected chi connectivity index (χ1v) is 9.02. The van der Waals surface area contributed by atoms with Crippen LogP contribution in [0, 0.1) is 5.41 Å². The van der Waals surface area contributed by atoms with Crippen LogP contribution < -0.4 is 0 Å². The van der Waals surface area contributed by atoms with Gasteiger partial charge in [0.25, 0.3) is 5.91 Å². The van der Waals surface area contributed by atoms with Gasteiger partial charge in [-0.15, -0.1) is 0 Å². The number of carbonyl (C=O) groups is 3. The van der Waals surface area contributed by atoms with Crippen LogP contribution in [0.5, 0.6) is 0 Å². The van der Waals surface area contributed by atoms with Crippen molar-refractivity contribution in [2.75, 3.05) is 40.9 Å². The molecule has 0 aromatic carbocycles. The quantitative estimate of drug-likeness (QED) is 0.732. The zero-order valence-electron chi connectivity index (χ0n) is 15.9. The molecule has 0 aliphatic carbocycles. The van der Waals surface area contributed by atoms with Crippen LogP contribution in [-0.2, 0) is 14.3 Å².